The van der Waals surface area contributed by atoms with E-state index in [0.717, 1.165) is 6.08 Å². The monoisotopic (exact) mass is 652 g/mol. The van der Waals surface area contributed by atoms with Gasteiger partial charge in [0, 0.05) is 50.4 Å². The molecule has 1 aliphatic carbocycles. The molecule has 12 nitrogen and oxygen atoms in total. The van der Waals surface area contributed by atoms with Crippen LogP contribution in [0.25, 0.3) is 0 Å². The van der Waals surface area contributed by atoms with E-state index >= 15 is 0 Å². The first-order valence-electron chi connectivity index (χ1n) is 14.7. The Morgan fingerprint density at radius 1 is 1.16 bits per heavy atom. The number of aliphatic hydroxyl groups is 1. The Kier molecular flexibility index (Phi) is 16.4. The lowest BCUT2D eigenvalue weighted by Gasteiger charge is -2.30. The van der Waals surface area contributed by atoms with Crippen LogP contribution >= 0.6 is 12.4 Å². The number of rotatable bonds is 7. The minimum atomic E-state index is -0.997. The number of nitrogens with zero attached hydrogens (tertiary/aromatic N) is 1. The number of aliphatic hydroxyl groups excluding tert-OH is 1. The van der Waals surface area contributed by atoms with Crippen LogP contribution in [0.3, 0.4) is 0 Å². The van der Waals surface area contributed by atoms with Gasteiger partial charge in [-0.3, -0.25) is 14.4 Å². The smallest absolute Gasteiger partial charge is 0.405 e. The van der Waals surface area contributed by atoms with Crippen molar-refractivity contribution in [2.45, 2.75) is 65.0 Å². The van der Waals surface area contributed by atoms with E-state index in [4.69, 9.17) is 19.9 Å². The Morgan fingerprint density at radius 2 is 1.82 bits per heavy atom. The van der Waals surface area contributed by atoms with Crippen molar-refractivity contribution in [3.05, 3.63) is 58.5 Å². The summed E-state index contributed by atoms with van der Waals surface area (Å²) in [5.41, 5.74) is 6.55. The number of methoxy groups -OCH3 is 2. The fourth-order valence-corrected chi connectivity index (χ4v) is 5.18. The number of hydrogen-bond donors (Lipinski definition) is 4. The van der Waals surface area contributed by atoms with Gasteiger partial charge in [0.15, 0.2) is 6.10 Å². The number of carbonyl (C=O) groups is 4. The topological polar surface area (TPSA) is 170 Å². The van der Waals surface area contributed by atoms with Gasteiger partial charge in [-0.1, -0.05) is 38.2 Å². The second-order valence-electron chi connectivity index (χ2n) is 11.7. The fourth-order valence-electron chi connectivity index (χ4n) is 5.18. The summed E-state index contributed by atoms with van der Waals surface area (Å²) in [6.45, 7) is 8.09. The van der Waals surface area contributed by atoms with Gasteiger partial charge in [-0.15, -0.1) is 12.4 Å². The molecule has 2 amide bonds. The molecule has 1 aliphatic heterocycles. The molecule has 0 saturated carbocycles. The Hall–Kier alpha value is -3.29. The van der Waals surface area contributed by atoms with Gasteiger partial charge in [0.05, 0.1) is 23.6 Å². The van der Waals surface area contributed by atoms with Crippen LogP contribution in [0.15, 0.2) is 58.5 Å². The van der Waals surface area contributed by atoms with Crippen LogP contribution in [-0.2, 0) is 28.6 Å². The van der Waals surface area contributed by atoms with Gasteiger partial charge < -0.3 is 40.6 Å². The zero-order valence-corrected chi connectivity index (χ0v) is 28.2. The zero-order chi connectivity index (χ0) is 33.1. The first-order valence-corrected chi connectivity index (χ1v) is 14.7. The number of ether oxygens (including phenoxy) is 3. The molecule has 6 atom stereocenters. The highest BCUT2D eigenvalue weighted by atomic mass is 35.5. The number of halogens is 1. The lowest BCUT2D eigenvalue weighted by Crippen LogP contribution is -2.38. The molecule has 45 heavy (non-hydrogen) atoms. The summed E-state index contributed by atoms with van der Waals surface area (Å²) in [6.07, 6.45) is 3.88. The van der Waals surface area contributed by atoms with Gasteiger partial charge in [0.25, 0.3) is 5.91 Å². The maximum atomic E-state index is 13.7. The number of nitrogens with two attached hydrogens (primary N) is 1. The van der Waals surface area contributed by atoms with Crippen LogP contribution in [0, 0.1) is 11.8 Å². The number of primary amides is 1. The largest absolute Gasteiger partial charge is 0.439 e. The van der Waals surface area contributed by atoms with Crippen LogP contribution in [0.1, 0.15) is 40.5 Å². The first-order chi connectivity index (χ1) is 20.7. The molecule has 0 fully saturated rings. The van der Waals surface area contributed by atoms with Crippen molar-refractivity contribution < 1.29 is 38.5 Å². The van der Waals surface area contributed by atoms with Crippen molar-refractivity contribution in [1.29, 1.82) is 0 Å². The predicted octanol–water partition coefficient (Wildman–Crippen LogP) is 2.34. The van der Waals surface area contributed by atoms with E-state index in [9.17, 15) is 24.3 Å². The molecular weight excluding hydrogens is 604 g/mol. The summed E-state index contributed by atoms with van der Waals surface area (Å²) >= 11 is 0. The normalized spacial score (nSPS) is 30.3. The van der Waals surface area contributed by atoms with Crippen LogP contribution in [0.4, 0.5) is 4.79 Å². The van der Waals surface area contributed by atoms with Crippen molar-refractivity contribution in [3.8, 4) is 0 Å². The summed E-state index contributed by atoms with van der Waals surface area (Å²) in [7, 11) is 6.74. The molecule has 5 N–H and O–H groups in total. The highest BCUT2D eigenvalue weighted by molar-refractivity contribution is 6.23. The van der Waals surface area contributed by atoms with E-state index < -0.39 is 53.9 Å². The molecular formula is C32H49ClN4O8. The van der Waals surface area contributed by atoms with E-state index in [-0.39, 0.29) is 47.3 Å². The second kappa shape index (κ2) is 18.6. The Labute approximate surface area is 272 Å². The van der Waals surface area contributed by atoms with Gasteiger partial charge in [-0.2, -0.15) is 0 Å². The van der Waals surface area contributed by atoms with Crippen molar-refractivity contribution in [2.24, 2.45) is 17.6 Å². The molecule has 0 saturated heterocycles. The first kappa shape index (κ1) is 39.7. The van der Waals surface area contributed by atoms with Gasteiger partial charge in [0.1, 0.15) is 6.10 Å². The SMILES string of the molecule is COC1/C=C\C=C(\C)C(=O)NC2=CC(=O)C(NCCN(C)C)=C(CC(C)CC(OC)C(O)C(C)/C=C(/C)C1OC(N)=O)C2=O.Cl. The molecule has 0 aromatic carbocycles. The highest BCUT2D eigenvalue weighted by Crippen LogP contribution is 2.28. The Bertz CT molecular complexity index is 1240. The van der Waals surface area contributed by atoms with Crippen LogP contribution in [-0.4, -0.2) is 99.4 Å². The summed E-state index contributed by atoms with van der Waals surface area (Å²) in [5, 5.41) is 17.0. The molecule has 252 valence electrons. The van der Waals surface area contributed by atoms with E-state index in [2.05, 4.69) is 10.6 Å². The molecule has 0 aromatic heterocycles. The highest BCUT2D eigenvalue weighted by Gasteiger charge is 2.33. The minimum Gasteiger partial charge on any atom is -0.439 e. The van der Waals surface area contributed by atoms with Gasteiger partial charge >= 0.3 is 6.09 Å². The number of nitrogens with one attached hydrogen (secondary N) is 2. The van der Waals surface area contributed by atoms with Gasteiger partial charge in [0.2, 0.25) is 11.6 Å². The van der Waals surface area contributed by atoms with E-state index in [1.165, 1.54) is 20.3 Å². The number of likely N-dealkylation sites (N-methyl/N-ethyl adjacent to an activating group) is 1. The number of Topliss-reactive ketones (excluding diaryl/α,β-unsaturated/α-hetero) is 1. The van der Waals surface area contributed by atoms with Crippen LogP contribution in [0.5, 0.6) is 0 Å². The summed E-state index contributed by atoms with van der Waals surface area (Å²) < 4.78 is 16.6. The predicted molar refractivity (Wildman–Crippen MR) is 173 cm³/mol. The van der Waals surface area contributed by atoms with E-state index in [1.807, 2.05) is 32.8 Å². The van der Waals surface area contributed by atoms with E-state index in [0.29, 0.717) is 25.1 Å². The lowest BCUT2D eigenvalue weighted by atomic mass is 9.85. The molecule has 13 heteroatoms. The van der Waals surface area contributed by atoms with Crippen molar-refractivity contribution >= 4 is 36.0 Å². The minimum absolute atomic E-state index is 0. The number of fused-ring (bicyclic) bond motifs is 2. The third kappa shape index (κ3) is 11.5. The molecule has 2 bridgehead atoms. The van der Waals surface area contributed by atoms with Crippen molar-refractivity contribution in [2.75, 3.05) is 41.4 Å². The van der Waals surface area contributed by atoms with Crippen molar-refractivity contribution in [1.82, 2.24) is 15.5 Å². The fraction of sp³-hybridized carbons (Fsp3) is 0.562. The quantitative estimate of drug-likeness (QED) is 0.237. The number of carbonyl (C=O) groups excluding carboxylic acids is 4. The number of amides is 2. The molecule has 0 aromatic rings. The van der Waals surface area contributed by atoms with Crippen LogP contribution in [0.2, 0.25) is 0 Å². The molecule has 0 spiro atoms. The van der Waals surface area contributed by atoms with Gasteiger partial charge in [-0.25, -0.2) is 4.79 Å². The average molecular weight is 653 g/mol. The Balaban J connectivity index is 0.0000101. The number of allylic oxidation sites excluding steroid dienone is 4. The third-order valence-corrected chi connectivity index (χ3v) is 7.65. The zero-order valence-electron chi connectivity index (χ0n) is 27.4. The van der Waals surface area contributed by atoms with Crippen molar-refractivity contribution in [3.63, 3.8) is 0 Å². The lowest BCUT2D eigenvalue weighted by molar-refractivity contribution is -0.120. The third-order valence-electron chi connectivity index (χ3n) is 7.65. The maximum Gasteiger partial charge on any atom is 0.405 e. The molecule has 1 heterocycles. The number of ketones is 2. The standard InChI is InChI=1S/C32H48N4O8.ClH/c1-18-14-22-27(34-12-13-36(5)6)24(37)17-23(29(22)39)35-31(40)19(2)10-9-11-25(42-7)30(44-32(33)41)21(4)16-20(3)28(38)26(15-18)43-8;/h9-11,16-18,20,25-26,28,30,34,38H,12-15H2,1-8H3,(H2,33,41)(H,35,40);1H/b11-9-,19-10-,21-16-;. The van der Waals surface area contributed by atoms with E-state index in [1.54, 1.807) is 32.1 Å². The summed E-state index contributed by atoms with van der Waals surface area (Å²) in [5.74, 6) is -2.06. The summed E-state index contributed by atoms with van der Waals surface area (Å²) in [4.78, 5) is 53.7. The molecule has 6 unspecified atom stereocenters. The maximum absolute atomic E-state index is 13.7. The Morgan fingerprint density at radius 3 is 2.40 bits per heavy atom. The van der Waals surface area contributed by atoms with Crippen LogP contribution < -0.4 is 16.4 Å². The molecule has 2 aliphatic rings. The molecule has 0 radical (unpaired) electrons. The van der Waals surface area contributed by atoms with Gasteiger partial charge in [-0.05, 0) is 52.3 Å². The summed E-state index contributed by atoms with van der Waals surface area (Å²) in [6, 6.07) is 0. The second-order valence-corrected chi connectivity index (χ2v) is 11.7. The average Bonchev–Trinajstić information content (AvgIpc) is 2.95. The molecule has 2 rings (SSSR count). The number of hydrogen-bond acceptors (Lipinski definition) is 10.